The molecule has 1 radical (unpaired) electrons. The van der Waals surface area contributed by atoms with Crippen LogP contribution in [0, 0.1) is 0 Å². The highest BCUT2D eigenvalue weighted by Crippen LogP contribution is 2.04. The standard InChI is InChI=1S/C5H7F2O2/c1-4(9-3-8)2-5(6)7/h4-5H,2H2,1H3. The molecule has 0 spiro atoms. The van der Waals surface area contributed by atoms with E-state index in [2.05, 4.69) is 4.74 Å². The molecule has 0 aliphatic carbocycles. The molecule has 0 aliphatic rings. The second-order valence-corrected chi connectivity index (χ2v) is 1.64. The first-order chi connectivity index (χ1) is 4.16. The Kier molecular flexibility index (Phi) is 3.92. The Balaban J connectivity index is 3.25. The summed E-state index contributed by atoms with van der Waals surface area (Å²) in [6.45, 7) is 2.48. The van der Waals surface area contributed by atoms with Gasteiger partial charge < -0.3 is 4.74 Å². The van der Waals surface area contributed by atoms with Gasteiger partial charge in [-0.05, 0) is 6.92 Å². The molecule has 0 bridgehead atoms. The highest BCUT2D eigenvalue weighted by molar-refractivity contribution is 5.38. The van der Waals surface area contributed by atoms with Crippen molar-refractivity contribution in [1.82, 2.24) is 0 Å². The fourth-order valence-corrected chi connectivity index (χ4v) is 0.381. The lowest BCUT2D eigenvalue weighted by atomic mass is 10.3. The van der Waals surface area contributed by atoms with Gasteiger partial charge in [0.05, 0.1) is 0 Å². The van der Waals surface area contributed by atoms with Crippen LogP contribution in [0.5, 0.6) is 0 Å². The fourth-order valence-electron chi connectivity index (χ4n) is 0.381. The maximum absolute atomic E-state index is 11.4. The third-order valence-corrected chi connectivity index (χ3v) is 0.759. The van der Waals surface area contributed by atoms with Gasteiger partial charge in [0.25, 0.3) is 0 Å². The minimum Gasteiger partial charge on any atom is -0.454 e. The summed E-state index contributed by atoms with van der Waals surface area (Å²) in [6.07, 6.45) is -3.58. The Labute approximate surface area is 51.8 Å². The molecule has 0 saturated heterocycles. The number of rotatable bonds is 4. The highest BCUT2D eigenvalue weighted by Gasteiger charge is 2.09. The van der Waals surface area contributed by atoms with Gasteiger partial charge in [-0.2, -0.15) is 0 Å². The third kappa shape index (κ3) is 5.20. The molecule has 53 valence electrons. The van der Waals surface area contributed by atoms with E-state index in [0.29, 0.717) is 0 Å². The molecule has 0 amide bonds. The first-order valence-electron chi connectivity index (χ1n) is 2.47. The molecule has 1 unspecified atom stereocenters. The van der Waals surface area contributed by atoms with Crippen molar-refractivity contribution in [1.29, 1.82) is 0 Å². The lowest BCUT2D eigenvalue weighted by molar-refractivity contribution is 0.0742. The van der Waals surface area contributed by atoms with Crippen LogP contribution in [0.3, 0.4) is 0 Å². The Morgan fingerprint density at radius 1 is 1.67 bits per heavy atom. The van der Waals surface area contributed by atoms with Gasteiger partial charge in [-0.1, -0.05) is 0 Å². The summed E-state index contributed by atoms with van der Waals surface area (Å²) in [5.74, 6) is 0. The van der Waals surface area contributed by atoms with Crippen molar-refractivity contribution in [3.05, 3.63) is 0 Å². The van der Waals surface area contributed by atoms with E-state index in [-0.39, 0.29) is 0 Å². The average molecular weight is 137 g/mol. The minimum absolute atomic E-state index is 0.421. The summed E-state index contributed by atoms with van der Waals surface area (Å²) in [5.41, 5.74) is 0. The maximum Gasteiger partial charge on any atom is 0.417 e. The molecule has 0 N–H and O–H groups in total. The van der Waals surface area contributed by atoms with Gasteiger partial charge in [0.15, 0.2) is 0 Å². The highest BCUT2D eigenvalue weighted by atomic mass is 19.3. The van der Waals surface area contributed by atoms with Crippen molar-refractivity contribution < 1.29 is 18.3 Å². The van der Waals surface area contributed by atoms with Crippen molar-refractivity contribution in [3.63, 3.8) is 0 Å². The quantitative estimate of drug-likeness (QED) is 0.580. The van der Waals surface area contributed by atoms with Gasteiger partial charge in [-0.15, -0.1) is 0 Å². The first-order valence-corrected chi connectivity index (χ1v) is 2.47. The monoisotopic (exact) mass is 137 g/mol. The summed E-state index contributed by atoms with van der Waals surface area (Å²) in [7, 11) is 0. The topological polar surface area (TPSA) is 26.3 Å². The Hall–Kier alpha value is -0.670. The van der Waals surface area contributed by atoms with Crippen molar-refractivity contribution in [3.8, 4) is 0 Å². The van der Waals surface area contributed by atoms with Crippen LogP contribution in [0.25, 0.3) is 0 Å². The number of alkyl halides is 2. The zero-order chi connectivity index (χ0) is 7.28. The largest absolute Gasteiger partial charge is 0.454 e. The molecule has 4 heteroatoms. The molecule has 0 rings (SSSR count). The summed E-state index contributed by atoms with van der Waals surface area (Å²) < 4.78 is 26.9. The molecular weight excluding hydrogens is 130 g/mol. The number of hydrogen-bond acceptors (Lipinski definition) is 2. The maximum atomic E-state index is 11.4. The van der Waals surface area contributed by atoms with E-state index in [1.807, 2.05) is 0 Å². The number of hydrogen-bond donors (Lipinski definition) is 0. The van der Waals surface area contributed by atoms with Crippen LogP contribution in [0.4, 0.5) is 8.78 Å². The SMILES string of the molecule is CC(CC(F)F)O[C]=O. The van der Waals surface area contributed by atoms with Gasteiger partial charge in [0.2, 0.25) is 6.43 Å². The lowest BCUT2D eigenvalue weighted by Crippen LogP contribution is -2.10. The zero-order valence-corrected chi connectivity index (χ0v) is 4.93. The Bertz CT molecular complexity index is 85.0. The predicted octanol–water partition coefficient (Wildman–Crippen LogP) is 1.11. The molecule has 1 atom stereocenters. The fraction of sp³-hybridized carbons (Fsp3) is 0.800. The zero-order valence-electron chi connectivity index (χ0n) is 4.93. The molecule has 0 aromatic rings. The van der Waals surface area contributed by atoms with E-state index in [4.69, 9.17) is 0 Å². The minimum atomic E-state index is -2.42. The first kappa shape index (κ1) is 8.33. The number of carbonyl (C=O) groups excluding carboxylic acids is 1. The molecule has 0 heterocycles. The van der Waals surface area contributed by atoms with Crippen LogP contribution >= 0.6 is 0 Å². The van der Waals surface area contributed by atoms with Crippen LogP contribution in [0.2, 0.25) is 0 Å². The summed E-state index contributed by atoms with van der Waals surface area (Å²) >= 11 is 0. The van der Waals surface area contributed by atoms with Crippen molar-refractivity contribution in [2.45, 2.75) is 25.9 Å². The molecule has 0 aromatic carbocycles. The molecule has 0 aliphatic heterocycles. The van der Waals surface area contributed by atoms with E-state index < -0.39 is 19.0 Å². The van der Waals surface area contributed by atoms with Gasteiger partial charge in [0, 0.05) is 6.42 Å². The summed E-state index contributed by atoms with van der Waals surface area (Å²) in [6, 6.07) is 0. The van der Waals surface area contributed by atoms with Crippen LogP contribution in [0.1, 0.15) is 13.3 Å². The van der Waals surface area contributed by atoms with Crippen LogP contribution in [0.15, 0.2) is 0 Å². The third-order valence-electron chi connectivity index (χ3n) is 0.759. The molecular formula is C5H7F2O2. The van der Waals surface area contributed by atoms with E-state index in [1.165, 1.54) is 6.92 Å². The normalized spacial score (nSPS) is 13.3. The molecule has 0 saturated carbocycles. The molecule has 9 heavy (non-hydrogen) atoms. The van der Waals surface area contributed by atoms with Gasteiger partial charge in [-0.3, -0.25) is 0 Å². The second kappa shape index (κ2) is 4.23. The summed E-state index contributed by atoms with van der Waals surface area (Å²) in [4.78, 5) is 9.40. The van der Waals surface area contributed by atoms with E-state index >= 15 is 0 Å². The number of ether oxygens (including phenoxy) is 1. The Morgan fingerprint density at radius 2 is 2.22 bits per heavy atom. The Morgan fingerprint density at radius 3 is 2.56 bits per heavy atom. The van der Waals surface area contributed by atoms with Gasteiger partial charge in [-0.25, -0.2) is 13.6 Å². The lowest BCUT2D eigenvalue weighted by Gasteiger charge is -2.05. The van der Waals surface area contributed by atoms with E-state index in [9.17, 15) is 13.6 Å². The van der Waals surface area contributed by atoms with Crippen molar-refractivity contribution >= 4 is 6.47 Å². The van der Waals surface area contributed by atoms with Gasteiger partial charge >= 0.3 is 6.47 Å². The van der Waals surface area contributed by atoms with E-state index in [0.717, 1.165) is 6.47 Å². The second-order valence-electron chi connectivity index (χ2n) is 1.64. The summed E-state index contributed by atoms with van der Waals surface area (Å²) in [5, 5.41) is 0. The van der Waals surface area contributed by atoms with Gasteiger partial charge in [0.1, 0.15) is 6.10 Å². The van der Waals surface area contributed by atoms with Crippen molar-refractivity contribution in [2.75, 3.05) is 0 Å². The van der Waals surface area contributed by atoms with E-state index in [1.54, 1.807) is 0 Å². The molecule has 0 fully saturated rings. The smallest absolute Gasteiger partial charge is 0.417 e. The van der Waals surface area contributed by atoms with Crippen LogP contribution < -0.4 is 0 Å². The van der Waals surface area contributed by atoms with Crippen LogP contribution in [-0.4, -0.2) is 19.0 Å². The molecule has 0 aromatic heterocycles. The van der Waals surface area contributed by atoms with Crippen LogP contribution in [-0.2, 0) is 9.53 Å². The number of halogens is 2. The van der Waals surface area contributed by atoms with Crippen molar-refractivity contribution in [2.24, 2.45) is 0 Å². The molecule has 2 nitrogen and oxygen atoms in total. The average Bonchev–Trinajstić information content (AvgIpc) is 1.63. The predicted molar refractivity (Wildman–Crippen MR) is 26.9 cm³/mol.